The number of unbranched alkanes of at least 4 members (excludes halogenated alkanes) is 2. The zero-order valence-electron chi connectivity index (χ0n) is 16.9. The topological polar surface area (TPSA) is 37.4 Å². The maximum atomic E-state index is 13.4. The van der Waals surface area contributed by atoms with Crippen LogP contribution in [0.15, 0.2) is 70.1 Å². The highest BCUT2D eigenvalue weighted by molar-refractivity contribution is 7.89. The second-order valence-corrected chi connectivity index (χ2v) is 9.51. The first-order chi connectivity index (χ1) is 13.9. The van der Waals surface area contributed by atoms with Gasteiger partial charge < -0.3 is 0 Å². The van der Waals surface area contributed by atoms with E-state index in [4.69, 9.17) is 11.6 Å². The minimum Gasteiger partial charge on any atom is -0.207 e. The number of rotatable bonds is 5. The fourth-order valence-corrected chi connectivity index (χ4v) is 5.37. The van der Waals surface area contributed by atoms with E-state index in [1.807, 2.05) is 49.4 Å². The number of nitrogens with zero attached hydrogens (tertiary/aromatic N) is 1. The number of hydrogen-bond donors (Lipinski definition) is 0. The second kappa shape index (κ2) is 9.63. The van der Waals surface area contributed by atoms with Crippen molar-refractivity contribution in [3.8, 4) is 11.8 Å². The zero-order valence-corrected chi connectivity index (χ0v) is 18.4. The van der Waals surface area contributed by atoms with Crippen molar-refractivity contribution in [2.24, 2.45) is 0 Å². The quantitative estimate of drug-likeness (QED) is 0.445. The molecule has 0 saturated carbocycles. The maximum absolute atomic E-state index is 13.4. The third-order valence-corrected chi connectivity index (χ3v) is 7.31. The molecule has 3 nitrogen and oxygen atoms in total. The van der Waals surface area contributed by atoms with Crippen LogP contribution < -0.4 is 0 Å². The van der Waals surface area contributed by atoms with Crippen LogP contribution in [-0.4, -0.2) is 19.3 Å². The summed E-state index contributed by atoms with van der Waals surface area (Å²) in [5.41, 5.74) is 2.80. The van der Waals surface area contributed by atoms with Crippen LogP contribution in [0.5, 0.6) is 0 Å². The van der Waals surface area contributed by atoms with Crippen molar-refractivity contribution in [3.63, 3.8) is 0 Å². The van der Waals surface area contributed by atoms with E-state index in [2.05, 4.69) is 18.8 Å². The summed E-state index contributed by atoms with van der Waals surface area (Å²) in [5.74, 6) is 6.17. The summed E-state index contributed by atoms with van der Waals surface area (Å²) < 4.78 is 28.4. The SMILES string of the molecule is CCCCC#C/C(Cl)=C1/CCN(S(=O)(=O)c2ccc(C)cc2)C1c1ccccc1. The van der Waals surface area contributed by atoms with Crippen LogP contribution in [0.4, 0.5) is 0 Å². The highest BCUT2D eigenvalue weighted by Crippen LogP contribution is 2.42. The molecular formula is C24H26ClNO2S. The van der Waals surface area contributed by atoms with Gasteiger partial charge in [0.15, 0.2) is 0 Å². The van der Waals surface area contributed by atoms with Crippen molar-refractivity contribution in [3.05, 3.63) is 76.3 Å². The van der Waals surface area contributed by atoms with Gasteiger partial charge in [-0.3, -0.25) is 0 Å². The number of hydrogen-bond acceptors (Lipinski definition) is 2. The van der Waals surface area contributed by atoms with E-state index in [9.17, 15) is 8.42 Å². The Kier molecular flexibility index (Phi) is 7.18. The molecule has 3 rings (SSSR count). The molecule has 152 valence electrons. The Bertz CT molecular complexity index is 1030. The van der Waals surface area contributed by atoms with Gasteiger partial charge in [0.1, 0.15) is 0 Å². The third kappa shape index (κ3) is 4.93. The molecule has 0 amide bonds. The van der Waals surface area contributed by atoms with Crippen molar-refractivity contribution >= 4 is 21.6 Å². The molecule has 5 heteroatoms. The maximum Gasteiger partial charge on any atom is 0.243 e. The average molecular weight is 428 g/mol. The minimum absolute atomic E-state index is 0.301. The van der Waals surface area contributed by atoms with Crippen molar-refractivity contribution in [1.82, 2.24) is 4.31 Å². The largest absolute Gasteiger partial charge is 0.243 e. The van der Waals surface area contributed by atoms with Crippen LogP contribution in [0, 0.1) is 18.8 Å². The van der Waals surface area contributed by atoms with Gasteiger partial charge in [0, 0.05) is 13.0 Å². The molecule has 1 saturated heterocycles. The van der Waals surface area contributed by atoms with Crippen LogP contribution in [0.1, 0.15) is 49.8 Å². The number of sulfonamides is 1. The molecule has 0 radical (unpaired) electrons. The fraction of sp³-hybridized carbons (Fsp3) is 0.333. The van der Waals surface area contributed by atoms with Crippen molar-refractivity contribution in [2.75, 3.05) is 6.54 Å². The Hall–Kier alpha value is -2.06. The Morgan fingerprint density at radius 2 is 1.83 bits per heavy atom. The second-order valence-electron chi connectivity index (χ2n) is 7.24. The number of halogens is 1. The smallest absolute Gasteiger partial charge is 0.207 e. The molecule has 1 aliphatic rings. The van der Waals surface area contributed by atoms with Crippen LogP contribution in [0.25, 0.3) is 0 Å². The normalized spacial score (nSPS) is 18.9. The Morgan fingerprint density at radius 1 is 1.14 bits per heavy atom. The van der Waals surface area contributed by atoms with Crippen LogP contribution >= 0.6 is 11.6 Å². The van der Waals surface area contributed by atoms with Gasteiger partial charge >= 0.3 is 0 Å². The summed E-state index contributed by atoms with van der Waals surface area (Å²) in [6.07, 6.45) is 3.48. The number of aryl methyl sites for hydroxylation is 1. The summed E-state index contributed by atoms with van der Waals surface area (Å²) in [6, 6.07) is 16.2. The molecule has 2 aromatic rings. The molecule has 0 N–H and O–H groups in total. The van der Waals surface area contributed by atoms with Gasteiger partial charge in [0.2, 0.25) is 10.0 Å². The summed E-state index contributed by atoms with van der Waals surface area (Å²) in [7, 11) is -3.66. The summed E-state index contributed by atoms with van der Waals surface area (Å²) >= 11 is 6.58. The molecule has 1 unspecified atom stereocenters. The van der Waals surface area contributed by atoms with E-state index in [0.717, 1.165) is 36.0 Å². The van der Waals surface area contributed by atoms with E-state index in [-0.39, 0.29) is 0 Å². The first-order valence-electron chi connectivity index (χ1n) is 9.96. The predicted octanol–water partition coefficient (Wildman–Crippen LogP) is 5.82. The Morgan fingerprint density at radius 3 is 2.48 bits per heavy atom. The Balaban J connectivity index is 2.03. The minimum atomic E-state index is -3.66. The van der Waals surface area contributed by atoms with E-state index in [1.165, 1.54) is 0 Å². The molecule has 1 aliphatic heterocycles. The zero-order chi connectivity index (χ0) is 20.9. The van der Waals surface area contributed by atoms with E-state index >= 15 is 0 Å². The van der Waals surface area contributed by atoms with Gasteiger partial charge in [0.25, 0.3) is 0 Å². The lowest BCUT2D eigenvalue weighted by molar-refractivity contribution is 0.415. The fourth-order valence-electron chi connectivity index (χ4n) is 3.49. The predicted molar refractivity (Wildman–Crippen MR) is 119 cm³/mol. The summed E-state index contributed by atoms with van der Waals surface area (Å²) in [6.45, 7) is 4.45. The van der Waals surface area contributed by atoms with Gasteiger partial charge in [-0.25, -0.2) is 8.42 Å². The van der Waals surface area contributed by atoms with Crippen molar-refractivity contribution < 1.29 is 8.42 Å². The first-order valence-corrected chi connectivity index (χ1v) is 11.8. The lowest BCUT2D eigenvalue weighted by Gasteiger charge is -2.25. The van der Waals surface area contributed by atoms with Crippen molar-refractivity contribution in [2.45, 2.75) is 50.5 Å². The molecule has 1 fully saturated rings. The van der Waals surface area contributed by atoms with Crippen molar-refractivity contribution in [1.29, 1.82) is 0 Å². The van der Waals surface area contributed by atoms with Gasteiger partial charge in [-0.1, -0.05) is 84.8 Å². The molecule has 29 heavy (non-hydrogen) atoms. The Labute approximate surface area is 179 Å². The highest BCUT2D eigenvalue weighted by Gasteiger charge is 2.40. The highest BCUT2D eigenvalue weighted by atomic mass is 35.5. The summed E-state index contributed by atoms with van der Waals surface area (Å²) in [4.78, 5) is 0.301. The van der Waals surface area contributed by atoms with Crippen LogP contribution in [0.3, 0.4) is 0 Å². The molecule has 0 aliphatic carbocycles. The molecule has 0 spiro atoms. The molecule has 2 aromatic carbocycles. The molecule has 0 aromatic heterocycles. The van der Waals surface area contributed by atoms with E-state index in [0.29, 0.717) is 22.9 Å². The van der Waals surface area contributed by atoms with Gasteiger partial charge in [-0.15, -0.1) is 0 Å². The van der Waals surface area contributed by atoms with Gasteiger partial charge in [0.05, 0.1) is 16.0 Å². The first kappa shape index (κ1) is 21.6. The lowest BCUT2D eigenvalue weighted by atomic mass is 10.00. The van der Waals surface area contributed by atoms with Crippen LogP contribution in [0.2, 0.25) is 0 Å². The molecule has 0 bridgehead atoms. The monoisotopic (exact) mass is 427 g/mol. The average Bonchev–Trinajstić information content (AvgIpc) is 3.18. The number of allylic oxidation sites excluding steroid dienone is 1. The van der Waals surface area contributed by atoms with Gasteiger partial charge in [-0.2, -0.15) is 4.31 Å². The van der Waals surface area contributed by atoms with Crippen LogP contribution in [-0.2, 0) is 10.0 Å². The molecule has 1 atom stereocenters. The summed E-state index contributed by atoms with van der Waals surface area (Å²) in [5, 5.41) is 0.469. The molecule has 1 heterocycles. The van der Waals surface area contributed by atoms with E-state index < -0.39 is 16.1 Å². The van der Waals surface area contributed by atoms with Gasteiger partial charge in [-0.05, 0) is 43.0 Å². The standard InChI is InChI=1S/C24H26ClNO2S/c1-3-4-5-9-12-23(25)22-17-18-26(24(22)20-10-7-6-8-11-20)29(27,28)21-15-13-19(2)14-16-21/h6-8,10-11,13-16,24H,3-5,17-18H2,1-2H3/b23-22+. The third-order valence-electron chi connectivity index (χ3n) is 5.10. The number of benzene rings is 2. The molecular weight excluding hydrogens is 402 g/mol. The van der Waals surface area contributed by atoms with E-state index in [1.54, 1.807) is 16.4 Å². The lowest BCUT2D eigenvalue weighted by Crippen LogP contribution is -2.31.